The molecule has 1 aliphatic rings. The first-order valence-electron chi connectivity index (χ1n) is 8.48. The summed E-state index contributed by atoms with van der Waals surface area (Å²) in [5.74, 6) is -0.148. The quantitative estimate of drug-likeness (QED) is 0.900. The molecule has 1 aromatic heterocycles. The van der Waals surface area contributed by atoms with Gasteiger partial charge in [-0.3, -0.25) is 9.48 Å². The highest BCUT2D eigenvalue weighted by Gasteiger charge is 2.29. The molecule has 0 bridgehead atoms. The van der Waals surface area contributed by atoms with Gasteiger partial charge in [0.1, 0.15) is 0 Å². The highest BCUT2D eigenvalue weighted by atomic mass is 16.2. The van der Waals surface area contributed by atoms with Crippen LogP contribution in [0.4, 0.5) is 10.5 Å². The first kappa shape index (κ1) is 17.0. The van der Waals surface area contributed by atoms with E-state index in [4.69, 9.17) is 0 Å². The van der Waals surface area contributed by atoms with Crippen LogP contribution in [0.15, 0.2) is 36.5 Å². The number of amides is 3. The molecule has 0 saturated carbocycles. The number of nitrogens with zero attached hydrogens (tertiary/aromatic N) is 3. The van der Waals surface area contributed by atoms with E-state index in [1.54, 1.807) is 37.5 Å². The Kier molecular flexibility index (Phi) is 5.02. The molecular weight excluding hydrogens is 318 g/mol. The van der Waals surface area contributed by atoms with Crippen molar-refractivity contribution in [2.24, 2.45) is 7.05 Å². The first-order chi connectivity index (χ1) is 12.1. The van der Waals surface area contributed by atoms with Crippen molar-refractivity contribution in [1.82, 2.24) is 20.0 Å². The molecule has 0 spiro atoms. The first-order valence-corrected chi connectivity index (χ1v) is 8.48. The number of hydrogen-bond acceptors (Lipinski definition) is 3. The number of piperidine rings is 1. The molecule has 0 aliphatic carbocycles. The number of aromatic nitrogens is 2. The van der Waals surface area contributed by atoms with Gasteiger partial charge in [0, 0.05) is 38.1 Å². The second-order valence-corrected chi connectivity index (χ2v) is 6.17. The van der Waals surface area contributed by atoms with Gasteiger partial charge in [-0.15, -0.1) is 0 Å². The van der Waals surface area contributed by atoms with Crippen LogP contribution in [-0.4, -0.2) is 40.2 Å². The van der Waals surface area contributed by atoms with E-state index in [2.05, 4.69) is 15.7 Å². The molecule has 1 atom stereocenters. The number of nitrogens with one attached hydrogen (secondary N) is 2. The standard InChI is InChI=1S/C18H23N5O2/c1-19-17(24)13-6-8-14(9-7-13)21-18(25)23-12-4-3-5-16(23)15-10-11-20-22(15)2/h6-11,16H,3-5,12H2,1-2H3,(H,19,24)(H,21,25)/t16-/m0/s1. The zero-order valence-electron chi connectivity index (χ0n) is 14.5. The van der Waals surface area contributed by atoms with Gasteiger partial charge in [0.2, 0.25) is 0 Å². The van der Waals surface area contributed by atoms with Crippen LogP contribution in [0, 0.1) is 0 Å². The summed E-state index contributed by atoms with van der Waals surface area (Å²) in [6.45, 7) is 0.720. The molecule has 2 N–H and O–H groups in total. The molecule has 1 aromatic carbocycles. The number of likely N-dealkylation sites (tertiary alicyclic amines) is 1. The van der Waals surface area contributed by atoms with Gasteiger partial charge in [-0.1, -0.05) is 0 Å². The lowest BCUT2D eigenvalue weighted by Gasteiger charge is -2.35. The Balaban J connectivity index is 1.72. The fraction of sp³-hybridized carbons (Fsp3) is 0.389. The Morgan fingerprint density at radius 2 is 1.92 bits per heavy atom. The van der Waals surface area contributed by atoms with E-state index in [1.165, 1.54) is 0 Å². The molecule has 25 heavy (non-hydrogen) atoms. The van der Waals surface area contributed by atoms with Gasteiger partial charge in [0.25, 0.3) is 5.91 Å². The topological polar surface area (TPSA) is 79.3 Å². The second kappa shape index (κ2) is 7.38. The molecule has 132 valence electrons. The predicted octanol–water partition coefficient (Wildman–Crippen LogP) is 2.54. The van der Waals surface area contributed by atoms with Crippen LogP contribution < -0.4 is 10.6 Å². The van der Waals surface area contributed by atoms with Gasteiger partial charge in [-0.25, -0.2) is 4.79 Å². The molecule has 3 rings (SSSR count). The van der Waals surface area contributed by atoms with Crippen molar-refractivity contribution < 1.29 is 9.59 Å². The average molecular weight is 341 g/mol. The smallest absolute Gasteiger partial charge is 0.322 e. The number of anilines is 1. The van der Waals surface area contributed by atoms with Crippen LogP contribution in [0.3, 0.4) is 0 Å². The van der Waals surface area contributed by atoms with Crippen molar-refractivity contribution in [2.75, 3.05) is 18.9 Å². The molecule has 7 heteroatoms. The number of carbonyl (C=O) groups is 2. The van der Waals surface area contributed by atoms with Gasteiger partial charge in [-0.05, 0) is 49.6 Å². The van der Waals surface area contributed by atoms with Crippen molar-refractivity contribution in [3.05, 3.63) is 47.8 Å². The van der Waals surface area contributed by atoms with E-state index in [-0.39, 0.29) is 18.0 Å². The zero-order chi connectivity index (χ0) is 17.8. The van der Waals surface area contributed by atoms with Crippen LogP contribution in [0.2, 0.25) is 0 Å². The number of aryl methyl sites for hydroxylation is 1. The number of carbonyl (C=O) groups excluding carboxylic acids is 2. The fourth-order valence-corrected chi connectivity index (χ4v) is 3.24. The largest absolute Gasteiger partial charge is 0.355 e. The lowest BCUT2D eigenvalue weighted by molar-refractivity contribution is 0.0963. The van der Waals surface area contributed by atoms with Crippen molar-refractivity contribution in [3.63, 3.8) is 0 Å². The summed E-state index contributed by atoms with van der Waals surface area (Å²) in [6.07, 6.45) is 4.79. The lowest BCUT2D eigenvalue weighted by atomic mass is 9.99. The normalized spacial score (nSPS) is 17.2. The van der Waals surface area contributed by atoms with E-state index in [1.807, 2.05) is 22.7 Å². The Morgan fingerprint density at radius 3 is 2.56 bits per heavy atom. The Morgan fingerprint density at radius 1 is 1.16 bits per heavy atom. The predicted molar refractivity (Wildman–Crippen MR) is 95.4 cm³/mol. The summed E-state index contributed by atoms with van der Waals surface area (Å²) < 4.78 is 1.83. The Bertz CT molecular complexity index is 753. The van der Waals surface area contributed by atoms with Crippen molar-refractivity contribution in [3.8, 4) is 0 Å². The summed E-state index contributed by atoms with van der Waals surface area (Å²) in [6, 6.07) is 8.75. The molecular formula is C18H23N5O2. The maximum absolute atomic E-state index is 12.8. The molecule has 7 nitrogen and oxygen atoms in total. The van der Waals surface area contributed by atoms with E-state index in [0.717, 1.165) is 31.5 Å². The van der Waals surface area contributed by atoms with Gasteiger partial charge in [0.15, 0.2) is 0 Å². The van der Waals surface area contributed by atoms with E-state index in [9.17, 15) is 9.59 Å². The molecule has 2 heterocycles. The maximum Gasteiger partial charge on any atom is 0.322 e. The highest BCUT2D eigenvalue weighted by molar-refractivity contribution is 5.95. The number of urea groups is 1. The molecule has 1 aliphatic heterocycles. The summed E-state index contributed by atoms with van der Waals surface area (Å²) in [7, 11) is 3.49. The molecule has 1 fully saturated rings. The maximum atomic E-state index is 12.8. The van der Waals surface area contributed by atoms with E-state index < -0.39 is 0 Å². The third-order valence-corrected chi connectivity index (χ3v) is 4.59. The van der Waals surface area contributed by atoms with Crippen LogP contribution in [-0.2, 0) is 7.05 Å². The summed E-state index contributed by atoms with van der Waals surface area (Å²) in [4.78, 5) is 26.2. The van der Waals surface area contributed by atoms with Crippen LogP contribution in [0.5, 0.6) is 0 Å². The van der Waals surface area contributed by atoms with Crippen LogP contribution >= 0.6 is 0 Å². The van der Waals surface area contributed by atoms with Gasteiger partial charge in [0.05, 0.1) is 11.7 Å². The van der Waals surface area contributed by atoms with Crippen molar-refractivity contribution in [1.29, 1.82) is 0 Å². The molecule has 1 saturated heterocycles. The van der Waals surface area contributed by atoms with E-state index >= 15 is 0 Å². The average Bonchev–Trinajstić information content (AvgIpc) is 3.07. The lowest BCUT2D eigenvalue weighted by Crippen LogP contribution is -2.41. The number of rotatable bonds is 3. The molecule has 0 radical (unpaired) electrons. The van der Waals surface area contributed by atoms with E-state index in [0.29, 0.717) is 11.3 Å². The fourth-order valence-electron chi connectivity index (χ4n) is 3.24. The third kappa shape index (κ3) is 3.65. The van der Waals surface area contributed by atoms with Gasteiger partial charge in [-0.2, -0.15) is 5.10 Å². The highest BCUT2D eigenvalue weighted by Crippen LogP contribution is 2.31. The monoisotopic (exact) mass is 341 g/mol. The van der Waals surface area contributed by atoms with Crippen molar-refractivity contribution >= 4 is 17.6 Å². The minimum absolute atomic E-state index is 0.0337. The second-order valence-electron chi connectivity index (χ2n) is 6.17. The third-order valence-electron chi connectivity index (χ3n) is 4.59. The van der Waals surface area contributed by atoms with Crippen LogP contribution in [0.25, 0.3) is 0 Å². The number of benzene rings is 1. The minimum Gasteiger partial charge on any atom is -0.355 e. The van der Waals surface area contributed by atoms with Gasteiger partial charge < -0.3 is 15.5 Å². The van der Waals surface area contributed by atoms with Crippen LogP contribution in [0.1, 0.15) is 41.4 Å². The molecule has 3 amide bonds. The number of hydrogen-bond donors (Lipinski definition) is 2. The SMILES string of the molecule is CNC(=O)c1ccc(NC(=O)N2CCCC[C@H]2c2ccnn2C)cc1. The zero-order valence-corrected chi connectivity index (χ0v) is 14.5. The van der Waals surface area contributed by atoms with Crippen molar-refractivity contribution in [2.45, 2.75) is 25.3 Å². The Labute approximate surface area is 147 Å². The summed E-state index contributed by atoms with van der Waals surface area (Å²) in [5, 5.41) is 9.73. The van der Waals surface area contributed by atoms with Gasteiger partial charge >= 0.3 is 6.03 Å². The summed E-state index contributed by atoms with van der Waals surface area (Å²) in [5.41, 5.74) is 2.28. The molecule has 0 unspecified atom stereocenters. The summed E-state index contributed by atoms with van der Waals surface area (Å²) >= 11 is 0. The Hall–Kier alpha value is -2.83. The molecule has 2 aromatic rings. The minimum atomic E-state index is -0.148.